The zero-order valence-electron chi connectivity index (χ0n) is 16.7. The van der Waals surface area contributed by atoms with Crippen molar-refractivity contribution in [3.05, 3.63) is 66.4 Å². The van der Waals surface area contributed by atoms with E-state index in [2.05, 4.69) is 15.3 Å². The molecule has 7 heteroatoms. The van der Waals surface area contributed by atoms with Crippen LogP contribution in [-0.4, -0.2) is 29.1 Å². The highest BCUT2D eigenvalue weighted by Gasteiger charge is 2.12. The third kappa shape index (κ3) is 4.26. The fourth-order valence-electron chi connectivity index (χ4n) is 2.99. The molecular formula is C23H21N3O3S. The first kappa shape index (κ1) is 19.8. The molecule has 4 rings (SSSR count). The lowest BCUT2D eigenvalue weighted by Crippen LogP contribution is -2.12. The summed E-state index contributed by atoms with van der Waals surface area (Å²) < 4.78 is 11.2. The number of benzene rings is 2. The van der Waals surface area contributed by atoms with Gasteiger partial charge in [-0.3, -0.25) is 4.79 Å². The van der Waals surface area contributed by atoms with E-state index in [0.717, 1.165) is 20.9 Å². The Bertz CT molecular complexity index is 1140. The molecule has 1 amide bonds. The van der Waals surface area contributed by atoms with Gasteiger partial charge in [0.05, 0.1) is 13.2 Å². The Hall–Kier alpha value is -3.45. The van der Waals surface area contributed by atoms with Gasteiger partial charge < -0.3 is 14.8 Å². The lowest BCUT2D eigenvalue weighted by Gasteiger charge is -2.12. The van der Waals surface area contributed by atoms with E-state index in [9.17, 15) is 4.79 Å². The lowest BCUT2D eigenvalue weighted by molar-refractivity contribution is 0.102. The van der Waals surface area contributed by atoms with Crippen LogP contribution >= 0.6 is 11.3 Å². The summed E-state index contributed by atoms with van der Waals surface area (Å²) in [6.07, 6.45) is 1.76. The van der Waals surface area contributed by atoms with Gasteiger partial charge in [0, 0.05) is 23.0 Å². The van der Waals surface area contributed by atoms with E-state index >= 15 is 0 Å². The molecule has 0 saturated carbocycles. The van der Waals surface area contributed by atoms with Gasteiger partial charge in [-0.1, -0.05) is 11.3 Å². The molecule has 4 aromatic rings. The standard InChI is InChI=1S/C23H21N3O3S/c1-3-28-19-12-9-16(14-20(19)29-4-2)21(27)25-17-10-7-15(8-11-17)22-26-18-6-5-13-24-23(18)30-22/h5-14H,3-4H2,1-2H3,(H,25,27). The highest BCUT2D eigenvalue weighted by molar-refractivity contribution is 7.21. The number of fused-ring (bicyclic) bond motifs is 1. The largest absolute Gasteiger partial charge is 0.490 e. The minimum absolute atomic E-state index is 0.212. The monoisotopic (exact) mass is 419 g/mol. The van der Waals surface area contributed by atoms with Crippen molar-refractivity contribution in [3.8, 4) is 22.1 Å². The van der Waals surface area contributed by atoms with Crippen LogP contribution in [0.25, 0.3) is 20.9 Å². The molecule has 1 N–H and O–H groups in total. The van der Waals surface area contributed by atoms with E-state index in [0.29, 0.717) is 36.0 Å². The Kier molecular flexibility index (Phi) is 5.90. The number of pyridine rings is 1. The van der Waals surface area contributed by atoms with Crippen LogP contribution in [0.1, 0.15) is 24.2 Å². The average Bonchev–Trinajstić information content (AvgIpc) is 3.20. The van der Waals surface area contributed by atoms with Crippen LogP contribution in [0.15, 0.2) is 60.8 Å². The highest BCUT2D eigenvalue weighted by Crippen LogP contribution is 2.30. The number of hydrogen-bond acceptors (Lipinski definition) is 6. The predicted octanol–water partition coefficient (Wildman–Crippen LogP) is 5.41. The van der Waals surface area contributed by atoms with Crippen LogP contribution in [0.3, 0.4) is 0 Å². The third-order valence-corrected chi connectivity index (χ3v) is 5.39. The smallest absolute Gasteiger partial charge is 0.255 e. The zero-order chi connectivity index (χ0) is 20.9. The Labute approximate surface area is 178 Å². The number of ether oxygens (including phenoxy) is 2. The van der Waals surface area contributed by atoms with Gasteiger partial charge in [0.1, 0.15) is 15.4 Å². The summed E-state index contributed by atoms with van der Waals surface area (Å²) in [6.45, 7) is 4.83. The van der Waals surface area contributed by atoms with Crippen molar-refractivity contribution >= 4 is 33.3 Å². The summed E-state index contributed by atoms with van der Waals surface area (Å²) >= 11 is 1.54. The van der Waals surface area contributed by atoms with Gasteiger partial charge in [0.2, 0.25) is 0 Å². The van der Waals surface area contributed by atoms with Crippen molar-refractivity contribution in [1.29, 1.82) is 0 Å². The number of thiazole rings is 1. The lowest BCUT2D eigenvalue weighted by atomic mass is 10.1. The van der Waals surface area contributed by atoms with Crippen molar-refractivity contribution in [2.45, 2.75) is 13.8 Å². The van der Waals surface area contributed by atoms with Crippen molar-refractivity contribution in [3.63, 3.8) is 0 Å². The molecule has 30 heavy (non-hydrogen) atoms. The van der Waals surface area contributed by atoms with Crippen LogP contribution in [0, 0.1) is 0 Å². The molecule has 0 spiro atoms. The SMILES string of the molecule is CCOc1ccc(C(=O)Nc2ccc(-c3nc4cccnc4s3)cc2)cc1OCC. The first-order chi connectivity index (χ1) is 14.7. The van der Waals surface area contributed by atoms with E-state index < -0.39 is 0 Å². The van der Waals surface area contributed by atoms with E-state index in [1.165, 1.54) is 0 Å². The van der Waals surface area contributed by atoms with E-state index in [1.54, 1.807) is 35.7 Å². The maximum absolute atomic E-state index is 12.7. The molecule has 0 bridgehead atoms. The van der Waals surface area contributed by atoms with Crippen LogP contribution in [0.5, 0.6) is 11.5 Å². The summed E-state index contributed by atoms with van der Waals surface area (Å²) in [5.41, 5.74) is 3.07. The summed E-state index contributed by atoms with van der Waals surface area (Å²) in [5, 5.41) is 3.82. The Morgan fingerprint density at radius 2 is 1.77 bits per heavy atom. The van der Waals surface area contributed by atoms with Crippen molar-refractivity contribution in [2.75, 3.05) is 18.5 Å². The summed E-state index contributed by atoms with van der Waals surface area (Å²) in [4.78, 5) is 22.5. The number of aromatic nitrogens is 2. The molecular weight excluding hydrogens is 398 g/mol. The van der Waals surface area contributed by atoms with Gasteiger partial charge in [-0.05, 0) is 68.4 Å². The second kappa shape index (κ2) is 8.92. The van der Waals surface area contributed by atoms with Gasteiger partial charge in [-0.15, -0.1) is 0 Å². The van der Waals surface area contributed by atoms with Crippen LogP contribution < -0.4 is 14.8 Å². The fraction of sp³-hybridized carbons (Fsp3) is 0.174. The molecule has 2 aromatic carbocycles. The highest BCUT2D eigenvalue weighted by atomic mass is 32.1. The number of nitrogens with zero attached hydrogens (tertiary/aromatic N) is 2. The molecule has 0 aliphatic heterocycles. The molecule has 0 fully saturated rings. The molecule has 0 saturated heterocycles. The number of nitrogens with one attached hydrogen (secondary N) is 1. The number of carbonyl (C=O) groups is 1. The summed E-state index contributed by atoms with van der Waals surface area (Å²) in [6, 6.07) is 16.6. The molecule has 152 valence electrons. The van der Waals surface area contributed by atoms with Crippen molar-refractivity contribution in [2.24, 2.45) is 0 Å². The van der Waals surface area contributed by atoms with Crippen LogP contribution in [-0.2, 0) is 0 Å². The summed E-state index contributed by atoms with van der Waals surface area (Å²) in [7, 11) is 0. The second-order valence-corrected chi connectivity index (χ2v) is 7.38. The average molecular weight is 420 g/mol. The zero-order valence-corrected chi connectivity index (χ0v) is 17.5. The number of hydrogen-bond donors (Lipinski definition) is 1. The van der Waals surface area contributed by atoms with Gasteiger partial charge in [0.25, 0.3) is 5.91 Å². The Morgan fingerprint density at radius 3 is 2.50 bits per heavy atom. The van der Waals surface area contributed by atoms with Crippen molar-refractivity contribution < 1.29 is 14.3 Å². The quantitative estimate of drug-likeness (QED) is 0.434. The van der Waals surface area contributed by atoms with Gasteiger partial charge in [-0.2, -0.15) is 0 Å². The first-order valence-electron chi connectivity index (χ1n) is 9.71. The topological polar surface area (TPSA) is 73.3 Å². The van der Waals surface area contributed by atoms with E-state index in [-0.39, 0.29) is 5.91 Å². The van der Waals surface area contributed by atoms with Crippen molar-refractivity contribution in [1.82, 2.24) is 9.97 Å². The van der Waals surface area contributed by atoms with Crippen LogP contribution in [0.2, 0.25) is 0 Å². The van der Waals surface area contributed by atoms with E-state index in [1.807, 2.05) is 50.2 Å². The molecule has 6 nitrogen and oxygen atoms in total. The number of rotatable bonds is 7. The number of anilines is 1. The predicted molar refractivity (Wildman–Crippen MR) is 120 cm³/mol. The molecule has 0 atom stereocenters. The van der Waals surface area contributed by atoms with E-state index in [4.69, 9.17) is 9.47 Å². The number of carbonyl (C=O) groups excluding carboxylic acids is 1. The maximum Gasteiger partial charge on any atom is 0.255 e. The van der Waals surface area contributed by atoms with Crippen LogP contribution in [0.4, 0.5) is 5.69 Å². The fourth-order valence-corrected chi connectivity index (χ4v) is 3.90. The number of amides is 1. The molecule has 0 unspecified atom stereocenters. The Morgan fingerprint density at radius 1 is 1.00 bits per heavy atom. The minimum Gasteiger partial charge on any atom is -0.490 e. The molecule has 2 aromatic heterocycles. The molecule has 2 heterocycles. The first-order valence-corrected chi connectivity index (χ1v) is 10.5. The van der Waals surface area contributed by atoms with Gasteiger partial charge in [0.15, 0.2) is 11.5 Å². The molecule has 0 radical (unpaired) electrons. The second-order valence-electron chi connectivity index (χ2n) is 6.41. The Balaban J connectivity index is 1.50. The normalized spacial score (nSPS) is 10.7. The third-order valence-electron chi connectivity index (χ3n) is 4.36. The minimum atomic E-state index is -0.212. The van der Waals surface area contributed by atoms with Gasteiger partial charge >= 0.3 is 0 Å². The summed E-state index contributed by atoms with van der Waals surface area (Å²) in [5.74, 6) is 0.980. The molecule has 0 aliphatic carbocycles. The maximum atomic E-state index is 12.7. The van der Waals surface area contributed by atoms with Gasteiger partial charge in [-0.25, -0.2) is 9.97 Å². The molecule has 0 aliphatic rings.